The molecule has 0 spiro atoms. The van der Waals surface area contributed by atoms with Crippen LogP contribution >= 0.6 is 0 Å². The molecule has 0 aromatic carbocycles. The number of quaternary nitrogens is 1. The van der Waals surface area contributed by atoms with Crippen molar-refractivity contribution in [2.24, 2.45) is 0 Å². The van der Waals surface area contributed by atoms with Gasteiger partial charge in [-0.1, -0.05) is 58.3 Å². The molecule has 0 N–H and O–H groups in total. The molecule has 2 nitrogen and oxygen atoms in total. The summed E-state index contributed by atoms with van der Waals surface area (Å²) in [6.07, 6.45) is 15.9. The Morgan fingerprint density at radius 1 is 0.864 bits per heavy atom. The molecule has 1 aromatic heterocycles. The van der Waals surface area contributed by atoms with E-state index in [0.717, 1.165) is 16.8 Å². The zero-order valence-electron chi connectivity index (χ0n) is 15.0. The summed E-state index contributed by atoms with van der Waals surface area (Å²) in [7, 11) is 4.60. The highest BCUT2D eigenvalue weighted by atomic mass is 19.0. The van der Waals surface area contributed by atoms with E-state index in [2.05, 4.69) is 27.1 Å². The van der Waals surface area contributed by atoms with Gasteiger partial charge in [0.05, 0.1) is 26.9 Å². The first kappa shape index (κ1) is 21.2. The lowest BCUT2D eigenvalue weighted by Gasteiger charge is -2.28. The van der Waals surface area contributed by atoms with E-state index in [1.807, 2.05) is 6.07 Å². The summed E-state index contributed by atoms with van der Waals surface area (Å²) in [5, 5.41) is 0. The van der Waals surface area contributed by atoms with Gasteiger partial charge in [0, 0.05) is 0 Å². The van der Waals surface area contributed by atoms with Gasteiger partial charge < -0.3 is 13.6 Å². The Labute approximate surface area is 136 Å². The fraction of sp³-hybridized carbons (Fsp3) is 0.789. The number of hydrogen-bond donors (Lipinski definition) is 0. The Bertz CT molecular complexity index is 335. The van der Waals surface area contributed by atoms with Gasteiger partial charge >= 0.3 is 0 Å². The van der Waals surface area contributed by atoms with Gasteiger partial charge in [-0.05, 0) is 25.0 Å². The van der Waals surface area contributed by atoms with E-state index in [1.54, 1.807) is 6.26 Å². The number of nitrogens with zero attached hydrogens (tertiary/aromatic N) is 1. The van der Waals surface area contributed by atoms with E-state index in [4.69, 9.17) is 4.42 Å². The fourth-order valence-corrected chi connectivity index (χ4v) is 2.93. The first-order valence-electron chi connectivity index (χ1n) is 8.98. The van der Waals surface area contributed by atoms with Gasteiger partial charge in [-0.25, -0.2) is 0 Å². The van der Waals surface area contributed by atoms with Gasteiger partial charge in [-0.2, -0.15) is 0 Å². The lowest BCUT2D eigenvalue weighted by molar-refractivity contribution is -0.904. The fourth-order valence-electron chi connectivity index (χ4n) is 2.93. The SMILES string of the molecule is CCCCCCCCCCCC[N+](C)(C)Cc1ccco1.[F-]. The highest BCUT2D eigenvalue weighted by Crippen LogP contribution is 2.14. The Hall–Kier alpha value is -0.830. The Kier molecular flexibility index (Phi) is 12.2. The third kappa shape index (κ3) is 10.8. The zero-order valence-corrected chi connectivity index (χ0v) is 15.0. The van der Waals surface area contributed by atoms with Crippen molar-refractivity contribution in [2.45, 2.75) is 77.7 Å². The highest BCUT2D eigenvalue weighted by Gasteiger charge is 2.16. The van der Waals surface area contributed by atoms with Crippen molar-refractivity contribution in [3.63, 3.8) is 0 Å². The molecule has 22 heavy (non-hydrogen) atoms. The van der Waals surface area contributed by atoms with Crippen molar-refractivity contribution in [3.05, 3.63) is 24.2 Å². The van der Waals surface area contributed by atoms with Crippen LogP contribution in [-0.2, 0) is 6.54 Å². The van der Waals surface area contributed by atoms with Crippen molar-refractivity contribution in [1.82, 2.24) is 0 Å². The predicted molar refractivity (Wildman–Crippen MR) is 91.2 cm³/mol. The van der Waals surface area contributed by atoms with Gasteiger partial charge in [0.1, 0.15) is 6.54 Å². The second kappa shape index (κ2) is 12.7. The van der Waals surface area contributed by atoms with Crippen LogP contribution in [0.15, 0.2) is 22.8 Å². The van der Waals surface area contributed by atoms with Crippen LogP contribution in [0.2, 0.25) is 0 Å². The minimum Gasteiger partial charge on any atom is -1.00 e. The summed E-state index contributed by atoms with van der Waals surface area (Å²) < 4.78 is 6.49. The third-order valence-corrected chi connectivity index (χ3v) is 4.28. The van der Waals surface area contributed by atoms with Crippen LogP contribution in [0.4, 0.5) is 0 Å². The Morgan fingerprint density at radius 3 is 1.91 bits per heavy atom. The molecule has 0 radical (unpaired) electrons. The monoisotopic (exact) mass is 313 g/mol. The van der Waals surface area contributed by atoms with E-state index in [-0.39, 0.29) is 4.70 Å². The Morgan fingerprint density at radius 2 is 1.41 bits per heavy atom. The van der Waals surface area contributed by atoms with Crippen molar-refractivity contribution in [3.8, 4) is 0 Å². The summed E-state index contributed by atoms with van der Waals surface area (Å²) in [6, 6.07) is 4.06. The lowest BCUT2D eigenvalue weighted by atomic mass is 10.1. The van der Waals surface area contributed by atoms with Crippen molar-refractivity contribution >= 4 is 0 Å². The van der Waals surface area contributed by atoms with Gasteiger partial charge in [0.2, 0.25) is 0 Å². The maximum Gasteiger partial charge on any atom is 0.158 e. The number of halogens is 1. The number of furan rings is 1. The second-order valence-electron chi connectivity index (χ2n) is 7.08. The van der Waals surface area contributed by atoms with Crippen molar-refractivity contribution in [2.75, 3.05) is 20.6 Å². The van der Waals surface area contributed by atoms with Crippen LogP contribution in [0.3, 0.4) is 0 Å². The number of rotatable bonds is 13. The van der Waals surface area contributed by atoms with Crippen LogP contribution in [0.25, 0.3) is 0 Å². The molecule has 0 aliphatic rings. The molecule has 0 bridgehead atoms. The standard InChI is InChI=1S/C19H36NO.FH/c1-4-5-6-7-8-9-10-11-12-13-16-20(2,3)18-19-15-14-17-21-19;/h14-15,17H,4-13,16,18H2,1-3H3;1H/q+1;/p-1. The number of unbranched alkanes of at least 4 members (excludes halogenated alkanes) is 9. The topological polar surface area (TPSA) is 13.1 Å². The molecule has 1 heterocycles. The molecule has 0 fully saturated rings. The average molecular weight is 314 g/mol. The maximum atomic E-state index is 5.45. The highest BCUT2D eigenvalue weighted by molar-refractivity contribution is 4.96. The lowest BCUT2D eigenvalue weighted by Crippen LogP contribution is -3.00. The van der Waals surface area contributed by atoms with Crippen molar-refractivity contribution < 1.29 is 13.6 Å². The molecule has 0 saturated carbocycles. The first-order chi connectivity index (χ1) is 10.1. The molecule has 0 aliphatic heterocycles. The van der Waals surface area contributed by atoms with Crippen LogP contribution in [0, 0.1) is 0 Å². The summed E-state index contributed by atoms with van der Waals surface area (Å²) in [5.74, 6) is 1.10. The molecule has 0 aliphatic carbocycles. The van der Waals surface area contributed by atoms with Gasteiger partial charge in [-0.3, -0.25) is 0 Å². The summed E-state index contributed by atoms with van der Waals surface area (Å²) in [4.78, 5) is 0. The molecule has 0 amide bonds. The smallest absolute Gasteiger partial charge is 0.158 e. The van der Waals surface area contributed by atoms with Crippen molar-refractivity contribution in [1.29, 1.82) is 0 Å². The molecule has 3 heteroatoms. The molecule has 1 rings (SSSR count). The normalized spacial score (nSPS) is 11.4. The summed E-state index contributed by atoms with van der Waals surface area (Å²) in [5.41, 5.74) is 0. The third-order valence-electron chi connectivity index (χ3n) is 4.28. The maximum absolute atomic E-state index is 5.45. The average Bonchev–Trinajstić information content (AvgIpc) is 2.93. The molecular formula is C19H36FNO. The van der Waals surface area contributed by atoms with E-state index >= 15 is 0 Å². The van der Waals surface area contributed by atoms with E-state index in [1.165, 1.54) is 70.8 Å². The summed E-state index contributed by atoms with van der Waals surface area (Å²) >= 11 is 0. The number of hydrogen-bond acceptors (Lipinski definition) is 1. The molecule has 130 valence electrons. The first-order valence-corrected chi connectivity index (χ1v) is 8.98. The Balaban J connectivity index is 0.00000441. The van der Waals surface area contributed by atoms with Crippen LogP contribution in [0.1, 0.15) is 76.9 Å². The van der Waals surface area contributed by atoms with E-state index < -0.39 is 0 Å². The molecule has 1 aromatic rings. The minimum absolute atomic E-state index is 0. The molecule has 0 atom stereocenters. The van der Waals surface area contributed by atoms with Crippen LogP contribution < -0.4 is 4.70 Å². The quantitative estimate of drug-likeness (QED) is 0.403. The molecule has 0 saturated heterocycles. The largest absolute Gasteiger partial charge is 1.00 e. The van der Waals surface area contributed by atoms with Gasteiger partial charge in [0.25, 0.3) is 0 Å². The summed E-state index contributed by atoms with van der Waals surface area (Å²) in [6.45, 7) is 4.54. The van der Waals surface area contributed by atoms with Crippen LogP contribution in [0.5, 0.6) is 0 Å². The molecular weight excluding hydrogens is 277 g/mol. The van der Waals surface area contributed by atoms with Gasteiger partial charge in [-0.15, -0.1) is 0 Å². The zero-order chi connectivity index (χ0) is 15.4. The minimum atomic E-state index is 0. The predicted octanol–water partition coefficient (Wildman–Crippen LogP) is 2.78. The van der Waals surface area contributed by atoms with E-state index in [9.17, 15) is 0 Å². The van der Waals surface area contributed by atoms with E-state index in [0.29, 0.717) is 0 Å². The molecule has 0 unspecified atom stereocenters. The van der Waals surface area contributed by atoms with Crippen LogP contribution in [-0.4, -0.2) is 25.1 Å². The second-order valence-corrected chi connectivity index (χ2v) is 7.08. The van der Waals surface area contributed by atoms with Gasteiger partial charge in [0.15, 0.2) is 5.76 Å².